The van der Waals surface area contributed by atoms with E-state index in [0.717, 1.165) is 10.7 Å². The van der Waals surface area contributed by atoms with Gasteiger partial charge in [-0.05, 0) is 11.5 Å². The van der Waals surface area contributed by atoms with Crippen molar-refractivity contribution in [3.8, 4) is 0 Å². The Morgan fingerprint density at radius 1 is 1.50 bits per heavy atom. The number of nitrogens with zero attached hydrogens (tertiary/aromatic N) is 2. The Labute approximate surface area is 101 Å². The molecule has 7 heteroatoms. The van der Waals surface area contributed by atoms with Gasteiger partial charge in [-0.25, -0.2) is 0 Å². The van der Waals surface area contributed by atoms with Crippen molar-refractivity contribution in [1.82, 2.24) is 9.78 Å². The van der Waals surface area contributed by atoms with E-state index in [4.69, 9.17) is 5.11 Å². The first kappa shape index (κ1) is 12.9. The highest BCUT2D eigenvalue weighted by Gasteiger charge is 2.64. The monoisotopic (exact) mass is 262 g/mol. The number of halogens is 3. The van der Waals surface area contributed by atoms with Gasteiger partial charge in [0.25, 0.3) is 0 Å². The van der Waals surface area contributed by atoms with Crippen LogP contribution in [0.2, 0.25) is 0 Å². The fourth-order valence-electron chi connectivity index (χ4n) is 2.56. The lowest BCUT2D eigenvalue weighted by Crippen LogP contribution is -2.06. The topological polar surface area (TPSA) is 55.1 Å². The zero-order chi connectivity index (χ0) is 13.9. The normalized spacial score (nSPS) is 26.1. The molecular weight excluding hydrogens is 249 g/mol. The van der Waals surface area contributed by atoms with Crippen LogP contribution >= 0.6 is 0 Å². The number of hydrogen-bond donors (Lipinski definition) is 1. The molecule has 0 amide bonds. The molecule has 1 aliphatic rings. The minimum Gasteiger partial charge on any atom is -0.481 e. The lowest BCUT2D eigenvalue weighted by molar-refractivity contribution is -0.141. The molecule has 18 heavy (non-hydrogen) atoms. The van der Waals surface area contributed by atoms with Crippen molar-refractivity contribution in [2.75, 3.05) is 0 Å². The van der Waals surface area contributed by atoms with E-state index in [-0.39, 0.29) is 0 Å². The molecule has 1 heterocycles. The van der Waals surface area contributed by atoms with E-state index in [1.54, 1.807) is 13.8 Å². The molecule has 100 valence electrons. The van der Waals surface area contributed by atoms with Gasteiger partial charge in [-0.1, -0.05) is 13.8 Å². The minimum atomic E-state index is -4.51. The molecule has 0 aromatic carbocycles. The predicted molar refractivity (Wildman–Crippen MR) is 55.9 cm³/mol. The van der Waals surface area contributed by atoms with Gasteiger partial charge in [0.2, 0.25) is 0 Å². The maximum Gasteiger partial charge on any atom is 0.435 e. The Balaban J connectivity index is 2.37. The van der Waals surface area contributed by atoms with E-state index in [0.29, 0.717) is 5.69 Å². The molecule has 0 saturated heterocycles. The van der Waals surface area contributed by atoms with Crippen LogP contribution in [0.25, 0.3) is 0 Å². The summed E-state index contributed by atoms with van der Waals surface area (Å²) >= 11 is 0. The quantitative estimate of drug-likeness (QED) is 0.889. The first-order valence-corrected chi connectivity index (χ1v) is 5.40. The molecule has 1 aromatic rings. The molecule has 1 aromatic heterocycles. The molecule has 0 aliphatic heterocycles. The van der Waals surface area contributed by atoms with Crippen LogP contribution in [-0.4, -0.2) is 20.9 Å². The fourth-order valence-corrected chi connectivity index (χ4v) is 2.56. The van der Waals surface area contributed by atoms with Crippen molar-refractivity contribution in [2.24, 2.45) is 18.4 Å². The summed E-state index contributed by atoms with van der Waals surface area (Å²) in [6.07, 6.45) is -4.51. The smallest absolute Gasteiger partial charge is 0.435 e. The molecule has 0 unspecified atom stereocenters. The van der Waals surface area contributed by atoms with Crippen LogP contribution < -0.4 is 0 Å². The molecule has 1 fully saturated rings. The number of aliphatic carboxylic acids is 1. The summed E-state index contributed by atoms with van der Waals surface area (Å²) in [5, 5.41) is 12.4. The summed E-state index contributed by atoms with van der Waals surface area (Å²) in [7, 11) is 1.40. The second-order valence-corrected chi connectivity index (χ2v) is 5.19. The number of aryl methyl sites for hydroxylation is 1. The van der Waals surface area contributed by atoms with E-state index in [2.05, 4.69) is 5.10 Å². The SMILES string of the molecule is Cn1nc(C(F)(F)F)cc1[C@@H]1[C@@H](C(=O)O)C1(C)C. The second-order valence-electron chi connectivity index (χ2n) is 5.19. The molecule has 0 bridgehead atoms. The number of hydrogen-bond acceptors (Lipinski definition) is 2. The van der Waals surface area contributed by atoms with Gasteiger partial charge >= 0.3 is 12.1 Å². The van der Waals surface area contributed by atoms with Crippen LogP contribution in [0.1, 0.15) is 31.2 Å². The molecule has 1 aliphatic carbocycles. The van der Waals surface area contributed by atoms with Crippen molar-refractivity contribution in [3.63, 3.8) is 0 Å². The van der Waals surface area contributed by atoms with Gasteiger partial charge < -0.3 is 5.11 Å². The molecule has 1 N–H and O–H groups in total. The van der Waals surface area contributed by atoms with Crippen molar-refractivity contribution in [1.29, 1.82) is 0 Å². The van der Waals surface area contributed by atoms with Crippen molar-refractivity contribution < 1.29 is 23.1 Å². The second kappa shape index (κ2) is 3.49. The Bertz CT molecular complexity index is 505. The molecule has 0 radical (unpaired) electrons. The van der Waals surface area contributed by atoms with E-state index in [1.807, 2.05) is 0 Å². The Hall–Kier alpha value is -1.53. The minimum absolute atomic E-state index is 0.319. The summed E-state index contributed by atoms with van der Waals surface area (Å²) in [4.78, 5) is 11.0. The summed E-state index contributed by atoms with van der Waals surface area (Å²) in [6, 6.07) is 0.940. The molecule has 4 nitrogen and oxygen atoms in total. The first-order chi connectivity index (χ1) is 8.06. The van der Waals surface area contributed by atoms with Gasteiger partial charge in [-0.3, -0.25) is 9.48 Å². The van der Waals surface area contributed by atoms with E-state index in [9.17, 15) is 18.0 Å². The van der Waals surface area contributed by atoms with Crippen molar-refractivity contribution in [3.05, 3.63) is 17.5 Å². The maximum atomic E-state index is 12.5. The standard InChI is InChI=1S/C11H13F3N2O2/c1-10(2)7(8(10)9(17)18)5-4-6(11(12,13)14)15-16(5)3/h4,7-8H,1-3H3,(H,17,18)/t7-,8+/m1/s1. The highest BCUT2D eigenvalue weighted by Crippen LogP contribution is 2.64. The molecule has 2 atom stereocenters. The molecule has 1 saturated carbocycles. The van der Waals surface area contributed by atoms with Crippen LogP contribution in [0.15, 0.2) is 6.07 Å². The Morgan fingerprint density at radius 3 is 2.39 bits per heavy atom. The number of carboxylic acids is 1. The average Bonchev–Trinajstić information content (AvgIpc) is 2.54. The largest absolute Gasteiger partial charge is 0.481 e. The lowest BCUT2D eigenvalue weighted by Gasteiger charge is -2.01. The molecule has 2 rings (SSSR count). The summed E-state index contributed by atoms with van der Waals surface area (Å²) in [5.41, 5.74) is -1.20. The highest BCUT2D eigenvalue weighted by atomic mass is 19.4. The molecule has 0 spiro atoms. The van der Waals surface area contributed by atoms with Gasteiger partial charge in [0.1, 0.15) is 0 Å². The zero-order valence-corrected chi connectivity index (χ0v) is 10.1. The third-order valence-corrected chi connectivity index (χ3v) is 3.62. The van der Waals surface area contributed by atoms with Crippen molar-refractivity contribution >= 4 is 5.97 Å². The van der Waals surface area contributed by atoms with Gasteiger partial charge in [-0.15, -0.1) is 0 Å². The summed E-state index contributed by atoms with van der Waals surface area (Å²) < 4.78 is 38.7. The van der Waals surface area contributed by atoms with Crippen LogP contribution in [-0.2, 0) is 18.0 Å². The van der Waals surface area contributed by atoms with Gasteiger partial charge in [0.05, 0.1) is 5.92 Å². The highest BCUT2D eigenvalue weighted by molar-refractivity contribution is 5.77. The number of carboxylic acid groups (broad SMARTS) is 1. The maximum absolute atomic E-state index is 12.5. The van der Waals surface area contributed by atoms with Gasteiger partial charge in [0, 0.05) is 18.7 Å². The predicted octanol–water partition coefficient (Wildman–Crippen LogP) is 2.26. The van der Waals surface area contributed by atoms with Gasteiger partial charge in [0.15, 0.2) is 5.69 Å². The third kappa shape index (κ3) is 1.77. The average molecular weight is 262 g/mol. The number of rotatable bonds is 2. The van der Waals surface area contributed by atoms with Crippen LogP contribution in [0.4, 0.5) is 13.2 Å². The van der Waals surface area contributed by atoms with Gasteiger partial charge in [-0.2, -0.15) is 18.3 Å². The summed E-state index contributed by atoms with van der Waals surface area (Å²) in [5.74, 6) is -2.07. The van der Waals surface area contributed by atoms with E-state index >= 15 is 0 Å². The lowest BCUT2D eigenvalue weighted by atomic mass is 10.1. The van der Waals surface area contributed by atoms with E-state index in [1.165, 1.54) is 7.05 Å². The van der Waals surface area contributed by atoms with Crippen LogP contribution in [0.3, 0.4) is 0 Å². The molecular formula is C11H13F3N2O2. The number of carbonyl (C=O) groups is 1. The Morgan fingerprint density at radius 2 is 2.06 bits per heavy atom. The zero-order valence-electron chi connectivity index (χ0n) is 10.1. The Kier molecular flexibility index (Phi) is 2.50. The fraction of sp³-hybridized carbons (Fsp3) is 0.636. The number of aromatic nitrogens is 2. The van der Waals surface area contributed by atoms with Crippen LogP contribution in [0.5, 0.6) is 0 Å². The van der Waals surface area contributed by atoms with Crippen LogP contribution in [0, 0.1) is 11.3 Å². The van der Waals surface area contributed by atoms with Crippen molar-refractivity contribution in [2.45, 2.75) is 25.9 Å². The number of alkyl halides is 3. The van der Waals surface area contributed by atoms with E-state index < -0.39 is 35.1 Å². The summed E-state index contributed by atoms with van der Waals surface area (Å²) in [6.45, 7) is 3.47. The first-order valence-electron chi connectivity index (χ1n) is 5.40. The third-order valence-electron chi connectivity index (χ3n) is 3.62.